The summed E-state index contributed by atoms with van der Waals surface area (Å²) >= 11 is 5.56. The molecule has 2 aromatic heterocycles. The van der Waals surface area contributed by atoms with E-state index in [9.17, 15) is 4.79 Å². The molecule has 0 aromatic carbocycles. The summed E-state index contributed by atoms with van der Waals surface area (Å²) in [7, 11) is 0. The van der Waals surface area contributed by atoms with Crippen LogP contribution in [-0.2, 0) is 6.54 Å². The molecule has 2 heterocycles. The molecule has 0 aliphatic rings. The molecule has 2 rings (SSSR count). The number of amides is 1. The van der Waals surface area contributed by atoms with Crippen LogP contribution in [0.1, 0.15) is 16.1 Å². The third-order valence-corrected chi connectivity index (χ3v) is 2.08. The van der Waals surface area contributed by atoms with Gasteiger partial charge in [-0.3, -0.25) is 4.79 Å². The molecule has 0 aliphatic carbocycles. The Kier molecular flexibility index (Phi) is 3.16. The van der Waals surface area contributed by atoms with Crippen molar-refractivity contribution in [3.63, 3.8) is 0 Å². The molecule has 0 saturated heterocycles. The first-order chi connectivity index (χ1) is 7.75. The molecule has 0 bridgehead atoms. The summed E-state index contributed by atoms with van der Waals surface area (Å²) in [6.45, 7) is 0.389. The maximum atomic E-state index is 11.6. The Bertz CT molecular complexity index is 467. The van der Waals surface area contributed by atoms with Crippen molar-refractivity contribution in [1.82, 2.24) is 15.3 Å². The van der Waals surface area contributed by atoms with Gasteiger partial charge in [-0.05, 0) is 6.07 Å². The monoisotopic (exact) mass is 237 g/mol. The molecule has 0 aliphatic heterocycles. The molecule has 0 fully saturated rings. The minimum Gasteiger partial charge on any atom is -0.472 e. The summed E-state index contributed by atoms with van der Waals surface area (Å²) in [5.41, 5.74) is 1.11. The first-order valence-electron chi connectivity index (χ1n) is 4.52. The van der Waals surface area contributed by atoms with Gasteiger partial charge in [0.2, 0.25) is 0 Å². The van der Waals surface area contributed by atoms with E-state index < -0.39 is 0 Å². The van der Waals surface area contributed by atoms with Crippen LogP contribution < -0.4 is 5.32 Å². The normalized spacial score (nSPS) is 10.1. The number of carbonyl (C=O) groups is 1. The standard InChI is InChI=1S/C10H8ClN3O2/c11-9-5-12-8(4-13-9)10(15)14-3-7-1-2-16-6-7/h1-2,4-6H,3H2,(H,14,15). The van der Waals surface area contributed by atoms with Gasteiger partial charge in [0.15, 0.2) is 0 Å². The Morgan fingerprint density at radius 3 is 2.94 bits per heavy atom. The SMILES string of the molecule is O=C(NCc1ccoc1)c1cnc(Cl)cn1. The van der Waals surface area contributed by atoms with E-state index in [0.29, 0.717) is 6.54 Å². The van der Waals surface area contributed by atoms with Crippen molar-refractivity contribution < 1.29 is 9.21 Å². The minimum absolute atomic E-state index is 0.230. The largest absolute Gasteiger partial charge is 0.472 e. The lowest BCUT2D eigenvalue weighted by Crippen LogP contribution is -2.23. The van der Waals surface area contributed by atoms with Crippen LogP contribution in [0.4, 0.5) is 0 Å². The van der Waals surface area contributed by atoms with E-state index in [4.69, 9.17) is 16.0 Å². The predicted molar refractivity (Wildman–Crippen MR) is 56.9 cm³/mol. The molecule has 0 unspecified atom stereocenters. The Hall–Kier alpha value is -1.88. The van der Waals surface area contributed by atoms with Crippen molar-refractivity contribution in [2.45, 2.75) is 6.54 Å². The molecule has 2 aromatic rings. The number of carbonyl (C=O) groups excluding carboxylic acids is 1. The lowest BCUT2D eigenvalue weighted by molar-refractivity contribution is 0.0945. The van der Waals surface area contributed by atoms with Gasteiger partial charge in [0.1, 0.15) is 10.8 Å². The van der Waals surface area contributed by atoms with Crippen LogP contribution in [0, 0.1) is 0 Å². The average molecular weight is 238 g/mol. The second-order valence-electron chi connectivity index (χ2n) is 3.04. The topological polar surface area (TPSA) is 68.0 Å². The van der Waals surface area contributed by atoms with Gasteiger partial charge in [-0.25, -0.2) is 9.97 Å². The second kappa shape index (κ2) is 4.76. The zero-order valence-electron chi connectivity index (χ0n) is 8.18. The highest BCUT2D eigenvalue weighted by Crippen LogP contribution is 2.02. The van der Waals surface area contributed by atoms with E-state index in [1.165, 1.54) is 12.4 Å². The summed E-state index contributed by atoms with van der Waals surface area (Å²) in [5, 5.41) is 2.93. The Labute approximate surface area is 96.5 Å². The molecule has 16 heavy (non-hydrogen) atoms. The highest BCUT2D eigenvalue weighted by molar-refractivity contribution is 6.29. The Balaban J connectivity index is 1.95. The molecule has 0 atom stereocenters. The minimum atomic E-state index is -0.301. The number of halogens is 1. The summed E-state index contributed by atoms with van der Waals surface area (Å²) in [6, 6.07) is 1.77. The van der Waals surface area contributed by atoms with Crippen molar-refractivity contribution in [3.8, 4) is 0 Å². The van der Waals surface area contributed by atoms with Gasteiger partial charge >= 0.3 is 0 Å². The maximum absolute atomic E-state index is 11.6. The second-order valence-corrected chi connectivity index (χ2v) is 3.43. The summed E-state index contributed by atoms with van der Waals surface area (Å²) < 4.78 is 4.87. The number of hydrogen-bond donors (Lipinski definition) is 1. The smallest absolute Gasteiger partial charge is 0.271 e. The molecular formula is C10H8ClN3O2. The van der Waals surface area contributed by atoms with Crippen molar-refractivity contribution in [1.29, 1.82) is 0 Å². The summed E-state index contributed by atoms with van der Waals surface area (Å²) in [6.07, 6.45) is 5.76. The summed E-state index contributed by atoms with van der Waals surface area (Å²) in [5.74, 6) is -0.301. The number of rotatable bonds is 3. The molecule has 6 heteroatoms. The highest BCUT2D eigenvalue weighted by Gasteiger charge is 2.07. The molecular weight excluding hydrogens is 230 g/mol. The van der Waals surface area contributed by atoms with E-state index in [2.05, 4.69) is 15.3 Å². The molecule has 0 saturated carbocycles. The Morgan fingerprint density at radius 1 is 1.44 bits per heavy atom. The van der Waals surface area contributed by atoms with Crippen LogP contribution >= 0.6 is 11.6 Å². The lowest BCUT2D eigenvalue weighted by Gasteiger charge is -2.01. The lowest BCUT2D eigenvalue weighted by atomic mass is 10.3. The highest BCUT2D eigenvalue weighted by atomic mass is 35.5. The number of nitrogens with zero attached hydrogens (tertiary/aromatic N) is 2. The number of furan rings is 1. The number of nitrogens with one attached hydrogen (secondary N) is 1. The van der Waals surface area contributed by atoms with Gasteiger partial charge in [0.25, 0.3) is 5.91 Å². The van der Waals surface area contributed by atoms with Gasteiger partial charge < -0.3 is 9.73 Å². The first-order valence-corrected chi connectivity index (χ1v) is 4.90. The van der Waals surface area contributed by atoms with Crippen LogP contribution in [0.15, 0.2) is 35.4 Å². The fourth-order valence-corrected chi connectivity index (χ4v) is 1.19. The first kappa shape index (κ1) is 10.6. The third kappa shape index (κ3) is 2.58. The molecule has 1 amide bonds. The van der Waals surface area contributed by atoms with E-state index >= 15 is 0 Å². The van der Waals surface area contributed by atoms with Gasteiger partial charge in [0.05, 0.1) is 24.9 Å². The Morgan fingerprint density at radius 2 is 2.31 bits per heavy atom. The van der Waals surface area contributed by atoms with Crippen LogP contribution in [0.5, 0.6) is 0 Å². The van der Waals surface area contributed by atoms with Gasteiger partial charge in [-0.1, -0.05) is 11.6 Å². The van der Waals surface area contributed by atoms with Crippen molar-refractivity contribution in [2.24, 2.45) is 0 Å². The quantitative estimate of drug-likeness (QED) is 0.882. The van der Waals surface area contributed by atoms with Crippen molar-refractivity contribution in [2.75, 3.05) is 0 Å². The molecule has 5 nitrogen and oxygen atoms in total. The van der Waals surface area contributed by atoms with E-state index in [1.807, 2.05) is 0 Å². The maximum Gasteiger partial charge on any atom is 0.271 e. The van der Waals surface area contributed by atoms with Crippen LogP contribution in [0.2, 0.25) is 5.15 Å². The molecule has 1 N–H and O–H groups in total. The van der Waals surface area contributed by atoms with E-state index in [-0.39, 0.29) is 16.8 Å². The zero-order chi connectivity index (χ0) is 11.4. The van der Waals surface area contributed by atoms with Gasteiger partial charge in [0, 0.05) is 12.1 Å². The number of aromatic nitrogens is 2. The van der Waals surface area contributed by atoms with Gasteiger partial charge in [-0.15, -0.1) is 0 Å². The van der Waals surface area contributed by atoms with Crippen LogP contribution in [-0.4, -0.2) is 15.9 Å². The molecule has 0 radical (unpaired) electrons. The third-order valence-electron chi connectivity index (χ3n) is 1.89. The van der Waals surface area contributed by atoms with Crippen molar-refractivity contribution >= 4 is 17.5 Å². The zero-order valence-corrected chi connectivity index (χ0v) is 8.94. The molecule has 0 spiro atoms. The predicted octanol–water partition coefficient (Wildman–Crippen LogP) is 1.65. The average Bonchev–Trinajstić information content (AvgIpc) is 2.80. The fourth-order valence-electron chi connectivity index (χ4n) is 1.10. The van der Waals surface area contributed by atoms with Crippen molar-refractivity contribution in [3.05, 3.63) is 47.4 Å². The van der Waals surface area contributed by atoms with Gasteiger partial charge in [-0.2, -0.15) is 0 Å². The van der Waals surface area contributed by atoms with Crippen LogP contribution in [0.3, 0.4) is 0 Å². The summed E-state index contributed by atoms with van der Waals surface area (Å²) in [4.78, 5) is 19.2. The van der Waals surface area contributed by atoms with Crippen LogP contribution in [0.25, 0.3) is 0 Å². The van der Waals surface area contributed by atoms with E-state index in [0.717, 1.165) is 5.56 Å². The van der Waals surface area contributed by atoms with E-state index in [1.54, 1.807) is 18.6 Å². The number of hydrogen-bond acceptors (Lipinski definition) is 4. The molecule has 82 valence electrons. The fraction of sp³-hybridized carbons (Fsp3) is 0.100.